The van der Waals surface area contributed by atoms with Crippen LogP contribution < -0.4 is 0 Å². The van der Waals surface area contributed by atoms with Crippen molar-refractivity contribution in [3.8, 4) is 0 Å². The van der Waals surface area contributed by atoms with Gasteiger partial charge in [-0.05, 0) is 62.6 Å². The number of rotatable bonds is 5. The Morgan fingerprint density at radius 3 is 2.18 bits per heavy atom. The second kappa shape index (κ2) is 8.48. The number of piperidine rings is 1. The number of nitrogens with zero attached hydrogens (tertiary/aromatic N) is 2. The lowest BCUT2D eigenvalue weighted by atomic mass is 9.88. The maximum atomic E-state index is 13.5. The van der Waals surface area contributed by atoms with E-state index in [1.165, 1.54) is 11.1 Å². The fourth-order valence-electron chi connectivity index (χ4n) is 4.95. The normalized spacial score (nSPS) is 23.8. The second-order valence-corrected chi connectivity index (χ2v) is 8.71. The predicted octanol–water partition coefficient (Wildman–Crippen LogP) is 4.52. The SMILES string of the molecule is C[C@@]1(C(=O)N2CCC(Cc3ccccc3)CC2)CCCN1Cc1ccccc1. The standard InChI is InChI=1S/C25H32N2O/c1-25(15-8-16-27(25)20-23-11-6-3-7-12-23)24(28)26-17-13-22(14-18-26)19-21-9-4-2-5-10-21/h2-7,9-12,22H,8,13-20H2,1H3/t25-/m0/s1. The molecular formula is C25H32N2O. The van der Waals surface area contributed by atoms with Gasteiger partial charge in [-0.25, -0.2) is 0 Å². The first-order valence-corrected chi connectivity index (χ1v) is 10.8. The molecule has 28 heavy (non-hydrogen) atoms. The third-order valence-corrected chi connectivity index (χ3v) is 6.74. The van der Waals surface area contributed by atoms with E-state index in [9.17, 15) is 4.79 Å². The van der Waals surface area contributed by atoms with E-state index in [-0.39, 0.29) is 5.54 Å². The topological polar surface area (TPSA) is 23.6 Å². The third kappa shape index (κ3) is 4.15. The highest BCUT2D eigenvalue weighted by Crippen LogP contribution is 2.34. The molecule has 2 heterocycles. The molecule has 3 nitrogen and oxygen atoms in total. The molecule has 0 spiro atoms. The van der Waals surface area contributed by atoms with Gasteiger partial charge in [-0.2, -0.15) is 0 Å². The summed E-state index contributed by atoms with van der Waals surface area (Å²) in [5.74, 6) is 1.04. The summed E-state index contributed by atoms with van der Waals surface area (Å²) in [6, 6.07) is 21.3. The van der Waals surface area contributed by atoms with Gasteiger partial charge in [0.05, 0.1) is 5.54 Å². The monoisotopic (exact) mass is 376 g/mol. The van der Waals surface area contributed by atoms with Crippen LogP contribution in [0.15, 0.2) is 60.7 Å². The molecular weight excluding hydrogens is 344 g/mol. The summed E-state index contributed by atoms with van der Waals surface area (Å²) in [5, 5.41) is 0. The summed E-state index contributed by atoms with van der Waals surface area (Å²) >= 11 is 0. The Labute approximate surface area is 169 Å². The zero-order chi connectivity index (χ0) is 19.4. The maximum absolute atomic E-state index is 13.5. The molecule has 2 fully saturated rings. The smallest absolute Gasteiger partial charge is 0.242 e. The zero-order valence-electron chi connectivity index (χ0n) is 17.0. The Hall–Kier alpha value is -2.13. The molecule has 0 saturated carbocycles. The number of hydrogen-bond donors (Lipinski definition) is 0. The fourth-order valence-corrected chi connectivity index (χ4v) is 4.95. The Morgan fingerprint density at radius 2 is 1.54 bits per heavy atom. The zero-order valence-corrected chi connectivity index (χ0v) is 17.0. The molecule has 1 amide bonds. The number of likely N-dealkylation sites (tertiary alicyclic amines) is 2. The van der Waals surface area contributed by atoms with E-state index < -0.39 is 0 Å². The van der Waals surface area contributed by atoms with Crippen LogP contribution in [0.5, 0.6) is 0 Å². The highest BCUT2D eigenvalue weighted by atomic mass is 16.2. The molecule has 0 unspecified atom stereocenters. The molecule has 2 aromatic carbocycles. The van der Waals surface area contributed by atoms with Crippen molar-refractivity contribution >= 4 is 5.91 Å². The summed E-state index contributed by atoms with van der Waals surface area (Å²) in [5.41, 5.74) is 2.37. The Bertz CT molecular complexity index is 768. The molecule has 1 atom stereocenters. The minimum atomic E-state index is -0.345. The summed E-state index contributed by atoms with van der Waals surface area (Å²) in [6.07, 6.45) is 5.47. The van der Waals surface area contributed by atoms with E-state index in [0.717, 1.165) is 58.3 Å². The summed E-state index contributed by atoms with van der Waals surface area (Å²) in [7, 11) is 0. The predicted molar refractivity (Wildman–Crippen MR) is 114 cm³/mol. The molecule has 3 heteroatoms. The molecule has 148 valence electrons. The maximum Gasteiger partial charge on any atom is 0.242 e. The number of hydrogen-bond acceptors (Lipinski definition) is 2. The Kier molecular flexibility index (Phi) is 5.82. The number of amides is 1. The third-order valence-electron chi connectivity index (χ3n) is 6.74. The van der Waals surface area contributed by atoms with E-state index >= 15 is 0 Å². The van der Waals surface area contributed by atoms with E-state index in [0.29, 0.717) is 11.8 Å². The van der Waals surface area contributed by atoms with Crippen LogP contribution in [-0.4, -0.2) is 40.9 Å². The highest BCUT2D eigenvalue weighted by molar-refractivity contribution is 5.86. The Morgan fingerprint density at radius 1 is 0.929 bits per heavy atom. The van der Waals surface area contributed by atoms with E-state index in [4.69, 9.17) is 0 Å². The quantitative estimate of drug-likeness (QED) is 0.766. The lowest BCUT2D eigenvalue weighted by Gasteiger charge is -2.41. The van der Waals surface area contributed by atoms with Gasteiger partial charge in [-0.3, -0.25) is 9.69 Å². The van der Waals surface area contributed by atoms with Crippen molar-refractivity contribution in [3.63, 3.8) is 0 Å². The summed E-state index contributed by atoms with van der Waals surface area (Å²) < 4.78 is 0. The van der Waals surface area contributed by atoms with Gasteiger partial charge in [0.15, 0.2) is 0 Å². The molecule has 2 aliphatic rings. The largest absolute Gasteiger partial charge is 0.341 e. The van der Waals surface area contributed by atoms with Crippen LogP contribution in [0.2, 0.25) is 0 Å². The lowest BCUT2D eigenvalue weighted by molar-refractivity contribution is -0.143. The van der Waals surface area contributed by atoms with Gasteiger partial charge in [0, 0.05) is 19.6 Å². The first-order valence-electron chi connectivity index (χ1n) is 10.8. The van der Waals surface area contributed by atoms with Crippen LogP contribution in [0.25, 0.3) is 0 Å². The molecule has 2 saturated heterocycles. The van der Waals surface area contributed by atoms with E-state index in [1.54, 1.807) is 0 Å². The van der Waals surface area contributed by atoms with Crippen LogP contribution in [0.4, 0.5) is 0 Å². The molecule has 0 radical (unpaired) electrons. The van der Waals surface area contributed by atoms with E-state index in [2.05, 4.69) is 77.4 Å². The van der Waals surface area contributed by atoms with Gasteiger partial charge in [-0.15, -0.1) is 0 Å². The van der Waals surface area contributed by atoms with Crippen LogP contribution in [-0.2, 0) is 17.8 Å². The Balaban J connectivity index is 1.36. The molecule has 0 bridgehead atoms. The van der Waals surface area contributed by atoms with Crippen LogP contribution in [0.1, 0.15) is 43.7 Å². The van der Waals surface area contributed by atoms with Crippen molar-refractivity contribution in [1.82, 2.24) is 9.80 Å². The molecule has 0 N–H and O–H groups in total. The molecule has 4 rings (SSSR count). The van der Waals surface area contributed by atoms with Crippen molar-refractivity contribution in [2.75, 3.05) is 19.6 Å². The van der Waals surface area contributed by atoms with Gasteiger partial charge in [0.1, 0.15) is 0 Å². The van der Waals surface area contributed by atoms with Crippen LogP contribution in [0.3, 0.4) is 0 Å². The molecule has 2 aliphatic heterocycles. The van der Waals surface area contributed by atoms with Gasteiger partial charge < -0.3 is 4.90 Å². The first kappa shape index (κ1) is 19.2. The molecule has 2 aromatic rings. The number of benzene rings is 2. The van der Waals surface area contributed by atoms with Gasteiger partial charge in [0.2, 0.25) is 5.91 Å². The van der Waals surface area contributed by atoms with Crippen molar-refractivity contribution in [1.29, 1.82) is 0 Å². The molecule has 0 aliphatic carbocycles. The highest BCUT2D eigenvalue weighted by Gasteiger charge is 2.45. The van der Waals surface area contributed by atoms with Crippen molar-refractivity contribution < 1.29 is 4.79 Å². The average molecular weight is 377 g/mol. The second-order valence-electron chi connectivity index (χ2n) is 8.71. The number of carbonyl (C=O) groups is 1. The number of carbonyl (C=O) groups excluding carboxylic acids is 1. The summed E-state index contributed by atoms with van der Waals surface area (Å²) in [4.78, 5) is 18.0. The lowest BCUT2D eigenvalue weighted by Crippen LogP contribution is -2.56. The van der Waals surface area contributed by atoms with Crippen LogP contribution in [0, 0.1) is 5.92 Å². The van der Waals surface area contributed by atoms with Gasteiger partial charge in [-0.1, -0.05) is 60.7 Å². The molecule has 0 aromatic heterocycles. The summed E-state index contributed by atoms with van der Waals surface area (Å²) in [6.45, 7) is 5.87. The van der Waals surface area contributed by atoms with E-state index in [1.807, 2.05) is 0 Å². The van der Waals surface area contributed by atoms with Crippen molar-refractivity contribution in [2.24, 2.45) is 5.92 Å². The first-order chi connectivity index (χ1) is 13.6. The average Bonchev–Trinajstić information content (AvgIpc) is 3.11. The van der Waals surface area contributed by atoms with Gasteiger partial charge >= 0.3 is 0 Å². The minimum Gasteiger partial charge on any atom is -0.341 e. The van der Waals surface area contributed by atoms with Gasteiger partial charge in [0.25, 0.3) is 0 Å². The van der Waals surface area contributed by atoms with Crippen molar-refractivity contribution in [2.45, 2.75) is 51.1 Å². The minimum absolute atomic E-state index is 0.345. The fraction of sp³-hybridized carbons (Fsp3) is 0.480. The van der Waals surface area contributed by atoms with Crippen molar-refractivity contribution in [3.05, 3.63) is 71.8 Å². The van der Waals surface area contributed by atoms with Crippen LogP contribution >= 0.6 is 0 Å².